The van der Waals surface area contributed by atoms with E-state index >= 15 is 0 Å². The molecule has 0 bridgehead atoms. The monoisotopic (exact) mass is 485 g/mol. The first kappa shape index (κ1) is 23.7. The van der Waals surface area contributed by atoms with Crippen LogP contribution in [0.4, 0.5) is 10.3 Å². The number of aromatic nitrogens is 4. The van der Waals surface area contributed by atoms with Crippen LogP contribution in [-0.4, -0.2) is 31.0 Å². The highest BCUT2D eigenvalue weighted by Gasteiger charge is 2.24. The third-order valence-corrected chi connectivity index (χ3v) is 6.42. The number of rotatable bonds is 10. The molecule has 1 fully saturated rings. The van der Waals surface area contributed by atoms with Crippen molar-refractivity contribution in [3.63, 3.8) is 0 Å². The molecule has 1 saturated carbocycles. The predicted octanol–water partition coefficient (Wildman–Crippen LogP) is 5.36. The van der Waals surface area contributed by atoms with Gasteiger partial charge in [-0.15, -0.1) is 0 Å². The van der Waals surface area contributed by atoms with Crippen LogP contribution in [0.2, 0.25) is 0 Å². The van der Waals surface area contributed by atoms with Crippen molar-refractivity contribution in [1.82, 2.24) is 19.3 Å². The van der Waals surface area contributed by atoms with Gasteiger partial charge in [-0.1, -0.05) is 30.3 Å². The molecule has 0 spiro atoms. The summed E-state index contributed by atoms with van der Waals surface area (Å²) in [5.74, 6) is 0.495. The summed E-state index contributed by atoms with van der Waals surface area (Å²) in [5.41, 5.74) is 2.94. The zero-order chi connectivity index (χ0) is 25.1. The SMILES string of the molecule is Cn1ncc(-c2cccc(C(=O)Nc3nc(CCCC(=O)CC4CC4)cn3-c3ccccc3)c2)c1F. The predicted molar refractivity (Wildman–Crippen MR) is 135 cm³/mol. The minimum Gasteiger partial charge on any atom is -0.300 e. The quantitative estimate of drug-likeness (QED) is 0.328. The molecule has 1 amide bonds. The first-order valence-corrected chi connectivity index (χ1v) is 12.2. The van der Waals surface area contributed by atoms with Crippen LogP contribution in [0.5, 0.6) is 0 Å². The fourth-order valence-corrected chi connectivity index (χ4v) is 4.25. The Morgan fingerprint density at radius 2 is 1.92 bits per heavy atom. The Kier molecular flexibility index (Phi) is 6.75. The number of para-hydroxylation sites is 1. The van der Waals surface area contributed by atoms with Gasteiger partial charge >= 0.3 is 0 Å². The maximum Gasteiger partial charge on any atom is 0.258 e. The molecule has 2 aromatic carbocycles. The molecule has 184 valence electrons. The molecule has 0 atom stereocenters. The summed E-state index contributed by atoms with van der Waals surface area (Å²) >= 11 is 0. The number of nitrogens with one attached hydrogen (secondary N) is 1. The largest absolute Gasteiger partial charge is 0.300 e. The summed E-state index contributed by atoms with van der Waals surface area (Å²) in [5, 5.41) is 6.85. The summed E-state index contributed by atoms with van der Waals surface area (Å²) in [6.07, 6.45) is 8.31. The lowest BCUT2D eigenvalue weighted by atomic mass is 10.1. The number of anilines is 1. The molecule has 1 N–H and O–H groups in total. The third-order valence-electron chi connectivity index (χ3n) is 6.42. The minimum atomic E-state index is -0.465. The first-order valence-electron chi connectivity index (χ1n) is 12.2. The first-order chi connectivity index (χ1) is 17.5. The standard InChI is InChI=1S/C28H28FN5O2/c1-33-26(29)25(17-30-33)20-7-5-8-21(16-20)27(36)32-28-31-22(9-6-12-24(35)15-19-13-14-19)18-34(28)23-10-3-2-4-11-23/h2-5,7-8,10-11,16-19H,6,9,12-15H2,1H3,(H,31,32,36). The average Bonchev–Trinajstić information content (AvgIpc) is 3.52. The highest BCUT2D eigenvalue weighted by molar-refractivity contribution is 6.04. The second kappa shape index (κ2) is 10.3. The van der Waals surface area contributed by atoms with Crippen LogP contribution >= 0.6 is 0 Å². The lowest BCUT2D eigenvalue weighted by Gasteiger charge is -2.09. The van der Waals surface area contributed by atoms with Gasteiger partial charge in [-0.05, 0) is 61.4 Å². The van der Waals surface area contributed by atoms with Gasteiger partial charge in [0.05, 0.1) is 17.5 Å². The molecule has 8 heteroatoms. The molecular weight excluding hydrogens is 457 g/mol. The van der Waals surface area contributed by atoms with E-state index in [1.807, 2.05) is 41.1 Å². The van der Waals surface area contributed by atoms with Crippen LogP contribution in [0, 0.1) is 11.9 Å². The molecule has 2 aromatic heterocycles. The van der Waals surface area contributed by atoms with Gasteiger partial charge < -0.3 is 0 Å². The normalized spacial score (nSPS) is 13.1. The smallest absolute Gasteiger partial charge is 0.258 e. The van der Waals surface area contributed by atoms with E-state index in [0.717, 1.165) is 22.5 Å². The Morgan fingerprint density at radius 3 is 2.64 bits per heavy atom. The van der Waals surface area contributed by atoms with E-state index in [0.29, 0.717) is 53.6 Å². The zero-order valence-corrected chi connectivity index (χ0v) is 20.2. The van der Waals surface area contributed by atoms with Gasteiger partial charge in [-0.3, -0.25) is 19.5 Å². The van der Waals surface area contributed by atoms with Gasteiger partial charge in [-0.25, -0.2) is 9.67 Å². The minimum absolute atomic E-state index is 0.318. The molecule has 0 unspecified atom stereocenters. The number of amides is 1. The number of hydrogen-bond donors (Lipinski definition) is 1. The Morgan fingerprint density at radius 1 is 1.11 bits per heavy atom. The molecule has 36 heavy (non-hydrogen) atoms. The van der Waals surface area contributed by atoms with Gasteiger partial charge in [0.25, 0.3) is 5.91 Å². The molecular formula is C28H28FN5O2. The number of benzene rings is 2. The number of hydrogen-bond acceptors (Lipinski definition) is 4. The van der Waals surface area contributed by atoms with Crippen molar-refractivity contribution in [2.75, 3.05) is 5.32 Å². The number of carbonyl (C=O) groups is 2. The van der Waals surface area contributed by atoms with Crippen LogP contribution in [0.1, 0.15) is 48.2 Å². The van der Waals surface area contributed by atoms with Crippen molar-refractivity contribution in [3.8, 4) is 16.8 Å². The zero-order valence-electron chi connectivity index (χ0n) is 20.2. The van der Waals surface area contributed by atoms with Crippen molar-refractivity contribution < 1.29 is 14.0 Å². The molecule has 0 radical (unpaired) electrons. The van der Waals surface area contributed by atoms with E-state index in [1.54, 1.807) is 24.3 Å². The topological polar surface area (TPSA) is 81.8 Å². The van der Waals surface area contributed by atoms with Crippen molar-refractivity contribution in [3.05, 3.63) is 84.2 Å². The number of Topliss-reactive ketones (excluding diaryl/α,β-unsaturated/α-hetero) is 1. The van der Waals surface area contributed by atoms with E-state index in [2.05, 4.69) is 15.4 Å². The number of aryl methyl sites for hydroxylation is 2. The lowest BCUT2D eigenvalue weighted by molar-refractivity contribution is -0.119. The number of carbonyl (C=O) groups excluding carboxylic acids is 2. The van der Waals surface area contributed by atoms with E-state index in [9.17, 15) is 14.0 Å². The van der Waals surface area contributed by atoms with Gasteiger partial charge in [0.15, 0.2) is 0 Å². The van der Waals surface area contributed by atoms with Crippen LogP contribution < -0.4 is 5.32 Å². The van der Waals surface area contributed by atoms with Gasteiger partial charge in [0.1, 0.15) is 5.78 Å². The third kappa shape index (κ3) is 5.43. The molecule has 4 aromatic rings. The number of imidazole rings is 1. The van der Waals surface area contributed by atoms with E-state index in [-0.39, 0.29) is 5.91 Å². The summed E-state index contributed by atoms with van der Waals surface area (Å²) in [6.45, 7) is 0. The Labute approximate surface area is 209 Å². The number of nitrogens with zero attached hydrogens (tertiary/aromatic N) is 4. The fourth-order valence-electron chi connectivity index (χ4n) is 4.25. The average molecular weight is 486 g/mol. The van der Waals surface area contributed by atoms with Crippen molar-refractivity contribution in [1.29, 1.82) is 0 Å². The molecule has 7 nitrogen and oxygen atoms in total. The van der Waals surface area contributed by atoms with E-state index < -0.39 is 5.95 Å². The summed E-state index contributed by atoms with van der Waals surface area (Å²) in [4.78, 5) is 30.0. The fraction of sp³-hybridized carbons (Fsp3) is 0.286. The van der Waals surface area contributed by atoms with Crippen molar-refractivity contribution in [2.24, 2.45) is 13.0 Å². The Balaban J connectivity index is 1.34. The number of halogens is 1. The maximum absolute atomic E-state index is 14.4. The molecule has 5 rings (SSSR count). The van der Waals surface area contributed by atoms with Crippen LogP contribution in [0.3, 0.4) is 0 Å². The van der Waals surface area contributed by atoms with Crippen LogP contribution in [0.25, 0.3) is 16.8 Å². The highest BCUT2D eigenvalue weighted by atomic mass is 19.1. The highest BCUT2D eigenvalue weighted by Crippen LogP contribution is 2.33. The van der Waals surface area contributed by atoms with Gasteiger partial charge in [0, 0.05) is 37.3 Å². The van der Waals surface area contributed by atoms with Gasteiger partial charge in [-0.2, -0.15) is 9.49 Å². The molecule has 2 heterocycles. The van der Waals surface area contributed by atoms with Crippen molar-refractivity contribution in [2.45, 2.75) is 38.5 Å². The molecule has 0 aliphatic heterocycles. The lowest BCUT2D eigenvalue weighted by Crippen LogP contribution is -2.15. The van der Waals surface area contributed by atoms with Gasteiger partial charge in [0.2, 0.25) is 11.9 Å². The second-order valence-electron chi connectivity index (χ2n) is 9.31. The van der Waals surface area contributed by atoms with Crippen molar-refractivity contribution >= 4 is 17.6 Å². The Bertz CT molecular complexity index is 1390. The van der Waals surface area contributed by atoms with E-state index in [4.69, 9.17) is 0 Å². The van der Waals surface area contributed by atoms with Crippen LogP contribution in [0.15, 0.2) is 67.0 Å². The summed E-state index contributed by atoms with van der Waals surface area (Å²) in [6, 6.07) is 16.4. The molecule has 1 aliphatic rings. The number of ketones is 1. The van der Waals surface area contributed by atoms with E-state index in [1.165, 1.54) is 26.1 Å². The second-order valence-corrected chi connectivity index (χ2v) is 9.31. The molecule has 0 saturated heterocycles. The summed E-state index contributed by atoms with van der Waals surface area (Å²) in [7, 11) is 1.53. The molecule has 1 aliphatic carbocycles. The summed E-state index contributed by atoms with van der Waals surface area (Å²) < 4.78 is 17.3. The maximum atomic E-state index is 14.4. The van der Waals surface area contributed by atoms with Crippen LogP contribution in [-0.2, 0) is 18.3 Å². The Hall–Kier alpha value is -4.07.